The molecule has 0 aliphatic carbocycles. The van der Waals surface area contributed by atoms with Gasteiger partial charge in [0.1, 0.15) is 12.2 Å². The minimum absolute atomic E-state index is 0.0741. The Morgan fingerprint density at radius 1 is 1.15 bits per heavy atom. The number of carboxylic acids is 1. The molecule has 1 N–H and O–H groups in total. The highest BCUT2D eigenvalue weighted by Crippen LogP contribution is 2.27. The zero-order valence-electron chi connectivity index (χ0n) is 14.8. The van der Waals surface area contributed by atoms with Gasteiger partial charge in [-0.25, -0.2) is 4.98 Å². The molecule has 4 rings (SSSR count). The number of benzene rings is 1. The van der Waals surface area contributed by atoms with E-state index in [1.807, 2.05) is 41.3 Å². The molecular weight excluding hydrogens is 344 g/mol. The second kappa shape index (κ2) is 7.19. The predicted octanol–water partition coefficient (Wildman–Crippen LogP) is 2.54. The number of aliphatic carboxylic acids is 1. The fourth-order valence-electron chi connectivity index (χ4n) is 3.70. The van der Waals surface area contributed by atoms with E-state index in [2.05, 4.69) is 10.1 Å². The quantitative estimate of drug-likeness (QED) is 0.768. The third-order valence-electron chi connectivity index (χ3n) is 4.98. The Morgan fingerprint density at radius 2 is 2.00 bits per heavy atom. The van der Waals surface area contributed by atoms with Crippen LogP contribution in [0, 0.1) is 0 Å². The van der Waals surface area contributed by atoms with Crippen LogP contribution >= 0.6 is 0 Å². The van der Waals surface area contributed by atoms with E-state index in [0.717, 1.165) is 29.4 Å². The third kappa shape index (κ3) is 3.53. The lowest BCUT2D eigenvalue weighted by Crippen LogP contribution is -2.40. The van der Waals surface area contributed by atoms with Crippen molar-refractivity contribution in [3.8, 4) is 0 Å². The Balaban J connectivity index is 1.54. The van der Waals surface area contributed by atoms with Gasteiger partial charge in [0.2, 0.25) is 0 Å². The number of aromatic nitrogens is 3. The first-order valence-electron chi connectivity index (χ1n) is 9.00. The Morgan fingerprint density at radius 3 is 2.85 bits per heavy atom. The van der Waals surface area contributed by atoms with E-state index in [1.54, 1.807) is 12.3 Å². The number of likely N-dealkylation sites (tertiary alicyclic amines) is 1. The van der Waals surface area contributed by atoms with Gasteiger partial charge in [0, 0.05) is 36.3 Å². The Kier molecular flexibility index (Phi) is 4.58. The van der Waals surface area contributed by atoms with Crippen LogP contribution in [0.1, 0.15) is 34.9 Å². The Hall–Kier alpha value is -3.22. The summed E-state index contributed by atoms with van der Waals surface area (Å²) in [5, 5.41) is 14.2. The maximum Gasteiger partial charge on any atom is 0.325 e. The van der Waals surface area contributed by atoms with E-state index in [1.165, 1.54) is 4.68 Å². The summed E-state index contributed by atoms with van der Waals surface area (Å²) in [7, 11) is 0. The number of rotatable bonds is 4. The van der Waals surface area contributed by atoms with Gasteiger partial charge in [0.05, 0.1) is 5.52 Å². The molecule has 3 heterocycles. The summed E-state index contributed by atoms with van der Waals surface area (Å²) < 4.78 is 1.51. The lowest BCUT2D eigenvalue weighted by Gasteiger charge is -2.32. The number of nitrogens with zero attached hydrogens (tertiary/aromatic N) is 4. The molecule has 138 valence electrons. The fourth-order valence-corrected chi connectivity index (χ4v) is 3.70. The van der Waals surface area contributed by atoms with Gasteiger partial charge in [-0.3, -0.25) is 14.3 Å². The van der Waals surface area contributed by atoms with Crippen LogP contribution in [0.4, 0.5) is 0 Å². The molecule has 3 aromatic rings. The molecule has 7 heteroatoms. The Bertz CT molecular complexity index is 998. The molecule has 0 radical (unpaired) electrons. The van der Waals surface area contributed by atoms with Crippen LogP contribution in [-0.4, -0.2) is 49.7 Å². The predicted molar refractivity (Wildman–Crippen MR) is 99.5 cm³/mol. The van der Waals surface area contributed by atoms with E-state index >= 15 is 0 Å². The highest BCUT2D eigenvalue weighted by Gasteiger charge is 2.28. The van der Waals surface area contributed by atoms with Crippen LogP contribution in [0.5, 0.6) is 0 Å². The first kappa shape index (κ1) is 17.2. The van der Waals surface area contributed by atoms with Crippen LogP contribution < -0.4 is 0 Å². The summed E-state index contributed by atoms with van der Waals surface area (Å²) in [5.41, 5.74) is 2.10. The summed E-state index contributed by atoms with van der Waals surface area (Å²) >= 11 is 0. The minimum Gasteiger partial charge on any atom is -0.480 e. The Labute approximate surface area is 156 Å². The molecule has 0 saturated carbocycles. The number of fused-ring (bicyclic) bond motifs is 1. The zero-order valence-corrected chi connectivity index (χ0v) is 14.8. The minimum atomic E-state index is -0.927. The van der Waals surface area contributed by atoms with E-state index < -0.39 is 5.97 Å². The van der Waals surface area contributed by atoms with Crippen LogP contribution in [0.25, 0.3) is 10.9 Å². The number of amides is 1. The number of carboxylic acid groups (broad SMARTS) is 1. The van der Waals surface area contributed by atoms with Crippen LogP contribution in [0.15, 0.2) is 48.7 Å². The van der Waals surface area contributed by atoms with Crippen molar-refractivity contribution in [2.45, 2.75) is 25.3 Å². The molecule has 1 aromatic carbocycles. The van der Waals surface area contributed by atoms with Gasteiger partial charge in [-0.1, -0.05) is 24.3 Å². The lowest BCUT2D eigenvalue weighted by molar-refractivity contribution is -0.137. The second-order valence-electron chi connectivity index (χ2n) is 6.79. The second-order valence-corrected chi connectivity index (χ2v) is 6.79. The van der Waals surface area contributed by atoms with E-state index in [9.17, 15) is 9.59 Å². The number of carbonyl (C=O) groups is 2. The number of hydrogen-bond acceptors (Lipinski definition) is 4. The summed E-state index contributed by atoms with van der Waals surface area (Å²) in [6.07, 6.45) is 3.38. The molecule has 2 aromatic heterocycles. The van der Waals surface area contributed by atoms with Gasteiger partial charge < -0.3 is 10.0 Å². The van der Waals surface area contributed by atoms with Crippen LogP contribution in [0.3, 0.4) is 0 Å². The smallest absolute Gasteiger partial charge is 0.325 e. The molecule has 1 amide bonds. The van der Waals surface area contributed by atoms with Gasteiger partial charge in [-0.05, 0) is 31.0 Å². The normalized spacial score (nSPS) is 17.2. The highest BCUT2D eigenvalue weighted by atomic mass is 16.4. The molecule has 1 unspecified atom stereocenters. The fraction of sp³-hybridized carbons (Fsp3) is 0.300. The average molecular weight is 364 g/mol. The van der Waals surface area contributed by atoms with E-state index in [0.29, 0.717) is 18.8 Å². The summed E-state index contributed by atoms with van der Waals surface area (Å²) in [5.74, 6) is -0.941. The largest absolute Gasteiger partial charge is 0.480 e. The van der Waals surface area contributed by atoms with Crippen molar-refractivity contribution in [1.29, 1.82) is 0 Å². The summed E-state index contributed by atoms with van der Waals surface area (Å²) in [6, 6.07) is 13.2. The van der Waals surface area contributed by atoms with Crippen molar-refractivity contribution in [2.24, 2.45) is 0 Å². The monoisotopic (exact) mass is 364 g/mol. The third-order valence-corrected chi connectivity index (χ3v) is 4.98. The number of piperidine rings is 1. The van der Waals surface area contributed by atoms with Crippen molar-refractivity contribution in [3.05, 3.63) is 60.0 Å². The van der Waals surface area contributed by atoms with Gasteiger partial charge in [0.25, 0.3) is 5.91 Å². The van der Waals surface area contributed by atoms with Gasteiger partial charge >= 0.3 is 5.97 Å². The maximum absolute atomic E-state index is 13.0. The molecule has 0 bridgehead atoms. The van der Waals surface area contributed by atoms with Crippen LogP contribution in [-0.2, 0) is 11.3 Å². The topological polar surface area (TPSA) is 88.3 Å². The average Bonchev–Trinajstić information content (AvgIpc) is 3.14. The summed E-state index contributed by atoms with van der Waals surface area (Å²) in [6.45, 7) is 1.05. The zero-order chi connectivity index (χ0) is 18.8. The molecule has 27 heavy (non-hydrogen) atoms. The standard InChI is InChI=1S/C20H20N4O3/c25-19(26)13-24-18(9-10-21-24)15-5-3-11-23(12-15)20(27)17-8-7-14-4-1-2-6-16(14)22-17/h1-2,4,6-10,15H,3,5,11-13H2,(H,25,26). The van der Waals surface area contributed by atoms with Crippen molar-refractivity contribution in [2.75, 3.05) is 13.1 Å². The van der Waals surface area contributed by atoms with Gasteiger partial charge in [0.15, 0.2) is 0 Å². The van der Waals surface area contributed by atoms with Crippen molar-refractivity contribution in [3.63, 3.8) is 0 Å². The van der Waals surface area contributed by atoms with Gasteiger partial charge in [-0.2, -0.15) is 5.10 Å². The highest BCUT2D eigenvalue weighted by molar-refractivity contribution is 5.95. The van der Waals surface area contributed by atoms with E-state index in [4.69, 9.17) is 5.11 Å². The van der Waals surface area contributed by atoms with Crippen molar-refractivity contribution < 1.29 is 14.7 Å². The molecule has 1 atom stereocenters. The first-order valence-corrected chi connectivity index (χ1v) is 9.00. The molecule has 1 aliphatic rings. The van der Waals surface area contributed by atoms with Crippen LogP contribution in [0.2, 0.25) is 0 Å². The molecule has 1 fully saturated rings. The molecule has 1 aliphatic heterocycles. The number of carbonyl (C=O) groups excluding carboxylic acids is 1. The SMILES string of the molecule is O=C(O)Cn1nccc1C1CCCN(C(=O)c2ccc3ccccc3n2)C1. The molecule has 1 saturated heterocycles. The molecule has 0 spiro atoms. The number of hydrogen-bond donors (Lipinski definition) is 1. The van der Waals surface area contributed by atoms with Crippen molar-refractivity contribution in [1.82, 2.24) is 19.7 Å². The molecule has 7 nitrogen and oxygen atoms in total. The first-order chi connectivity index (χ1) is 13.1. The van der Waals surface area contributed by atoms with E-state index in [-0.39, 0.29) is 18.4 Å². The summed E-state index contributed by atoms with van der Waals surface area (Å²) in [4.78, 5) is 30.3. The lowest BCUT2D eigenvalue weighted by atomic mass is 9.94. The number of pyridine rings is 1. The van der Waals surface area contributed by atoms with Gasteiger partial charge in [-0.15, -0.1) is 0 Å². The maximum atomic E-state index is 13.0. The van der Waals surface area contributed by atoms with Crippen molar-refractivity contribution >= 4 is 22.8 Å². The number of para-hydroxylation sites is 1. The molecular formula is C20H20N4O3.